The summed E-state index contributed by atoms with van der Waals surface area (Å²) in [5, 5.41) is 20.3. The van der Waals surface area contributed by atoms with Crippen molar-refractivity contribution in [2.24, 2.45) is 11.7 Å². The van der Waals surface area contributed by atoms with E-state index in [2.05, 4.69) is 40.7 Å². The predicted octanol–water partition coefficient (Wildman–Crippen LogP) is 5.60. The summed E-state index contributed by atoms with van der Waals surface area (Å²) in [6.07, 6.45) is 8.58. The highest BCUT2D eigenvalue weighted by molar-refractivity contribution is 5.98. The lowest BCUT2D eigenvalue weighted by Gasteiger charge is -2.47. The zero-order valence-electron chi connectivity index (χ0n) is 21.3. The van der Waals surface area contributed by atoms with Gasteiger partial charge in [-0.2, -0.15) is 0 Å². The summed E-state index contributed by atoms with van der Waals surface area (Å²) in [4.78, 5) is 23.9. The van der Waals surface area contributed by atoms with E-state index in [1.807, 2.05) is 12.1 Å². The number of carboxylic acids is 1. The fourth-order valence-corrected chi connectivity index (χ4v) is 5.57. The molecule has 3 atom stereocenters. The van der Waals surface area contributed by atoms with Gasteiger partial charge in [-0.05, 0) is 61.8 Å². The Morgan fingerprint density at radius 3 is 2.59 bits per heavy atom. The molecule has 0 spiro atoms. The number of aliphatic carboxylic acids is 1. The average molecular weight is 472 g/mol. The van der Waals surface area contributed by atoms with Crippen LogP contribution in [0, 0.1) is 5.92 Å². The Labute approximate surface area is 203 Å². The molecule has 0 bridgehead atoms. The van der Waals surface area contributed by atoms with E-state index in [9.17, 15) is 14.7 Å². The summed E-state index contributed by atoms with van der Waals surface area (Å²) in [5.74, 6) is -0.477. The van der Waals surface area contributed by atoms with Crippen molar-refractivity contribution in [2.75, 3.05) is 0 Å². The lowest BCUT2D eigenvalue weighted by Crippen LogP contribution is -2.46. The lowest BCUT2D eigenvalue weighted by molar-refractivity contribution is -0.139. The van der Waals surface area contributed by atoms with Gasteiger partial charge in [0.05, 0.1) is 0 Å². The van der Waals surface area contributed by atoms with Gasteiger partial charge in [-0.1, -0.05) is 52.5 Å². The number of rotatable bonds is 10. The number of Topliss-reactive ketones (excluding diaryl/α,β-unsaturated/α-hetero) is 1. The minimum Gasteiger partial charge on any atom is -0.508 e. The van der Waals surface area contributed by atoms with Crippen LogP contribution < -0.4 is 10.5 Å². The van der Waals surface area contributed by atoms with Crippen molar-refractivity contribution in [1.29, 1.82) is 0 Å². The van der Waals surface area contributed by atoms with Crippen LogP contribution in [0.25, 0.3) is 0 Å². The van der Waals surface area contributed by atoms with Crippen molar-refractivity contribution < 1.29 is 24.5 Å². The molecule has 0 amide bonds. The Morgan fingerprint density at radius 1 is 1.24 bits per heavy atom. The van der Waals surface area contributed by atoms with Crippen LogP contribution in [-0.4, -0.2) is 33.6 Å². The second-order valence-corrected chi connectivity index (χ2v) is 11.3. The second-order valence-electron chi connectivity index (χ2n) is 11.3. The molecule has 3 rings (SSSR count). The van der Waals surface area contributed by atoms with Gasteiger partial charge < -0.3 is 20.7 Å². The van der Waals surface area contributed by atoms with E-state index in [0.717, 1.165) is 24.0 Å². The van der Waals surface area contributed by atoms with Gasteiger partial charge in [-0.3, -0.25) is 9.59 Å². The fourth-order valence-electron chi connectivity index (χ4n) is 5.57. The Kier molecular flexibility index (Phi) is 7.81. The first-order chi connectivity index (χ1) is 15.9. The zero-order valence-corrected chi connectivity index (χ0v) is 21.3. The lowest BCUT2D eigenvalue weighted by atomic mass is 9.66. The Bertz CT molecular complexity index is 962. The number of carboxylic acid groups (broad SMARTS) is 1. The molecule has 0 fully saturated rings. The largest absolute Gasteiger partial charge is 0.508 e. The molecule has 1 aromatic carbocycles. The molecule has 6 heteroatoms. The molecule has 0 aromatic heterocycles. The van der Waals surface area contributed by atoms with Gasteiger partial charge in [0.15, 0.2) is 5.78 Å². The minimum absolute atomic E-state index is 0.0783. The smallest absolute Gasteiger partial charge is 0.320 e. The van der Waals surface area contributed by atoms with Crippen LogP contribution in [0.4, 0.5) is 0 Å². The number of phenols is 1. The maximum absolute atomic E-state index is 12.8. The molecule has 0 saturated carbocycles. The Balaban J connectivity index is 1.90. The first-order valence-electron chi connectivity index (χ1n) is 12.6. The van der Waals surface area contributed by atoms with Gasteiger partial charge in [-0.15, -0.1) is 0 Å². The predicted molar refractivity (Wildman–Crippen MR) is 133 cm³/mol. The van der Waals surface area contributed by atoms with Crippen molar-refractivity contribution in [3.8, 4) is 11.5 Å². The van der Waals surface area contributed by atoms with Crippen LogP contribution >= 0.6 is 0 Å². The highest BCUT2D eigenvalue weighted by atomic mass is 16.5. The van der Waals surface area contributed by atoms with Crippen LogP contribution in [0.2, 0.25) is 0 Å². The number of fused-ring (bicyclic) bond motifs is 3. The third-order valence-corrected chi connectivity index (χ3v) is 7.82. The van der Waals surface area contributed by atoms with Gasteiger partial charge >= 0.3 is 5.97 Å². The van der Waals surface area contributed by atoms with Gasteiger partial charge in [-0.25, -0.2) is 0 Å². The van der Waals surface area contributed by atoms with Crippen molar-refractivity contribution in [1.82, 2.24) is 0 Å². The summed E-state index contributed by atoms with van der Waals surface area (Å²) < 4.78 is 6.47. The first-order valence-corrected chi connectivity index (χ1v) is 12.6. The van der Waals surface area contributed by atoms with Crippen molar-refractivity contribution >= 4 is 11.8 Å². The van der Waals surface area contributed by atoms with E-state index >= 15 is 0 Å². The molecule has 0 saturated heterocycles. The summed E-state index contributed by atoms with van der Waals surface area (Å²) in [7, 11) is 0. The number of hydrogen-bond acceptors (Lipinski definition) is 5. The number of hydrogen-bond donors (Lipinski definition) is 3. The van der Waals surface area contributed by atoms with E-state index in [1.54, 1.807) is 0 Å². The number of ketones is 1. The molecule has 0 unspecified atom stereocenters. The fraction of sp³-hybridized carbons (Fsp3) is 0.643. The summed E-state index contributed by atoms with van der Waals surface area (Å²) >= 11 is 0. The van der Waals surface area contributed by atoms with Crippen LogP contribution in [0.15, 0.2) is 23.8 Å². The van der Waals surface area contributed by atoms with Crippen molar-refractivity contribution in [3.63, 3.8) is 0 Å². The van der Waals surface area contributed by atoms with Gasteiger partial charge in [0.25, 0.3) is 0 Å². The van der Waals surface area contributed by atoms with Crippen LogP contribution in [0.5, 0.6) is 11.5 Å². The van der Waals surface area contributed by atoms with Crippen molar-refractivity contribution in [3.05, 3.63) is 34.9 Å². The van der Waals surface area contributed by atoms with E-state index < -0.39 is 17.6 Å². The summed E-state index contributed by atoms with van der Waals surface area (Å²) in [6, 6.07) is 2.74. The molecular formula is C28H41NO5. The Hall–Kier alpha value is -2.34. The number of carbonyl (C=O) groups is 2. The van der Waals surface area contributed by atoms with E-state index in [-0.39, 0.29) is 35.2 Å². The second kappa shape index (κ2) is 10.1. The molecule has 1 aliphatic carbocycles. The van der Waals surface area contributed by atoms with Gasteiger partial charge in [0.2, 0.25) is 0 Å². The molecule has 4 N–H and O–H groups in total. The molecule has 2 aliphatic rings. The highest BCUT2D eigenvalue weighted by Crippen LogP contribution is 2.55. The van der Waals surface area contributed by atoms with Crippen LogP contribution in [0.1, 0.15) is 103 Å². The SMILES string of the molecule is CCCCCCC(C)(C)c1cc(O)c2c(c1)OC(C)(C)[C@@H]1CC=C(C(=O)C[C@@H](N)C(=O)O)C[C@@H]21. The maximum Gasteiger partial charge on any atom is 0.320 e. The van der Waals surface area contributed by atoms with E-state index in [0.29, 0.717) is 24.2 Å². The molecule has 1 aromatic rings. The van der Waals surface area contributed by atoms with Crippen molar-refractivity contribution in [2.45, 2.75) is 109 Å². The topological polar surface area (TPSA) is 110 Å². The van der Waals surface area contributed by atoms with E-state index in [4.69, 9.17) is 15.6 Å². The normalized spacial score (nSPS) is 22.1. The zero-order chi connectivity index (χ0) is 25.3. The monoisotopic (exact) mass is 471 g/mol. The average Bonchev–Trinajstić information content (AvgIpc) is 2.75. The number of carbonyl (C=O) groups excluding carboxylic acids is 1. The third-order valence-electron chi connectivity index (χ3n) is 7.82. The number of allylic oxidation sites excluding steroid dienone is 2. The molecule has 34 heavy (non-hydrogen) atoms. The van der Waals surface area contributed by atoms with Gasteiger partial charge in [0.1, 0.15) is 23.1 Å². The maximum atomic E-state index is 12.8. The highest BCUT2D eigenvalue weighted by Gasteiger charge is 2.47. The number of ether oxygens (including phenoxy) is 1. The number of unbranched alkanes of at least 4 members (excludes halogenated alkanes) is 3. The summed E-state index contributed by atoms with van der Waals surface area (Å²) in [6.45, 7) is 10.8. The Morgan fingerprint density at radius 2 is 1.94 bits per heavy atom. The van der Waals surface area contributed by atoms with E-state index in [1.165, 1.54) is 19.3 Å². The standard InChI is InChI=1S/C28H41NO5/c1-6-7-8-9-12-27(2,3)18-14-23(31)25-19-13-17(22(30)16-21(29)26(32)33)10-11-20(19)28(4,5)34-24(25)15-18/h10,14-15,19-21,31H,6-9,11-13,16,29H2,1-5H3,(H,32,33)/t19-,20-,21-/m1/s1. The molecule has 188 valence electrons. The summed E-state index contributed by atoms with van der Waals surface area (Å²) in [5.41, 5.74) is 7.47. The molecule has 6 nitrogen and oxygen atoms in total. The molecular weight excluding hydrogens is 430 g/mol. The van der Waals surface area contributed by atoms with Gasteiger partial charge in [0, 0.05) is 23.8 Å². The first kappa shape index (κ1) is 26.3. The van der Waals surface area contributed by atoms with Crippen LogP contribution in [-0.2, 0) is 15.0 Å². The number of phenolic OH excluding ortho intramolecular Hbond substituents is 1. The van der Waals surface area contributed by atoms with Crippen LogP contribution in [0.3, 0.4) is 0 Å². The minimum atomic E-state index is -1.21. The number of nitrogens with two attached hydrogens (primary N) is 1. The molecule has 1 aliphatic heterocycles. The quantitative estimate of drug-likeness (QED) is 0.383. The molecule has 0 radical (unpaired) electrons. The number of benzene rings is 1. The third kappa shape index (κ3) is 5.48. The number of aromatic hydroxyl groups is 1. The molecule has 1 heterocycles.